The first-order valence-corrected chi connectivity index (χ1v) is 10.4. The van der Waals surface area contributed by atoms with E-state index >= 15 is 0 Å². The summed E-state index contributed by atoms with van der Waals surface area (Å²) >= 11 is 3.14. The van der Waals surface area contributed by atoms with Crippen LogP contribution < -0.4 is 5.46 Å². The Bertz CT molecular complexity index is 969. The second-order valence-electron chi connectivity index (χ2n) is 8.08. The van der Waals surface area contributed by atoms with Crippen molar-refractivity contribution in [1.82, 2.24) is 0 Å². The normalized spacial score (nSPS) is 16.0. The Hall–Kier alpha value is -2.56. The van der Waals surface area contributed by atoms with Gasteiger partial charge in [-0.25, -0.2) is 9.59 Å². The highest BCUT2D eigenvalue weighted by Crippen LogP contribution is 2.36. The number of carbonyl (C=O) groups excluding carboxylic acids is 2. The van der Waals surface area contributed by atoms with E-state index in [1.807, 2.05) is 27.7 Å². The molecule has 8 nitrogen and oxygen atoms in total. The third kappa shape index (κ3) is 6.02. The van der Waals surface area contributed by atoms with Crippen LogP contribution in [-0.2, 0) is 18.8 Å². The first-order chi connectivity index (χ1) is 14.8. The van der Waals surface area contributed by atoms with Crippen molar-refractivity contribution >= 4 is 40.4 Å². The molecule has 1 aliphatic heterocycles. The summed E-state index contributed by atoms with van der Waals surface area (Å²) in [5, 5.41) is 18.8. The Balaban J connectivity index is 0.000000258. The molecular formula is C22H26BBrO8. The SMILES string of the molecule is COC(=O)c1cc(O)cc(B2OC(C)(C)C(C)(C)O2)c1.COC(=O)c1cc(O)cc(Br)c1. The molecule has 2 aromatic rings. The monoisotopic (exact) mass is 508 g/mol. The van der Waals surface area contributed by atoms with Crippen molar-refractivity contribution in [2.75, 3.05) is 14.2 Å². The van der Waals surface area contributed by atoms with E-state index in [0.29, 0.717) is 15.5 Å². The molecule has 0 atom stereocenters. The summed E-state index contributed by atoms with van der Waals surface area (Å²) < 4.78 is 21.6. The quantitative estimate of drug-likeness (QED) is 0.479. The van der Waals surface area contributed by atoms with Crippen LogP contribution in [0.5, 0.6) is 11.5 Å². The van der Waals surface area contributed by atoms with Gasteiger partial charge in [0.1, 0.15) is 11.5 Å². The van der Waals surface area contributed by atoms with Gasteiger partial charge in [0, 0.05) is 4.47 Å². The molecule has 1 heterocycles. The zero-order valence-corrected chi connectivity index (χ0v) is 20.3. The second-order valence-corrected chi connectivity index (χ2v) is 9.00. The summed E-state index contributed by atoms with van der Waals surface area (Å²) in [7, 11) is 1.96. The molecule has 1 fully saturated rings. The van der Waals surface area contributed by atoms with Gasteiger partial charge >= 0.3 is 19.1 Å². The van der Waals surface area contributed by atoms with E-state index in [1.165, 1.54) is 38.5 Å². The van der Waals surface area contributed by atoms with E-state index in [9.17, 15) is 14.7 Å². The van der Waals surface area contributed by atoms with Gasteiger partial charge in [0.2, 0.25) is 0 Å². The van der Waals surface area contributed by atoms with Gasteiger partial charge < -0.3 is 29.0 Å². The summed E-state index contributed by atoms with van der Waals surface area (Å²) in [6.45, 7) is 7.77. The summed E-state index contributed by atoms with van der Waals surface area (Å²) in [6.07, 6.45) is 0. The number of rotatable bonds is 3. The standard InChI is InChI=1S/C14H19BO5.C8H7BrO3/c1-13(2)14(3,4)20-15(19-13)10-6-9(12(17)18-5)7-11(16)8-10;1-12-8(11)5-2-6(9)4-7(10)3-5/h6-8,16H,1-5H3;2-4,10H,1H3. The Kier molecular flexibility index (Phi) is 7.98. The maximum Gasteiger partial charge on any atom is 0.494 e. The van der Waals surface area contributed by atoms with Gasteiger partial charge in [0.05, 0.1) is 36.5 Å². The van der Waals surface area contributed by atoms with Crippen LogP contribution in [0.15, 0.2) is 40.9 Å². The van der Waals surface area contributed by atoms with Gasteiger partial charge in [0.15, 0.2) is 0 Å². The third-order valence-electron chi connectivity index (χ3n) is 5.19. The van der Waals surface area contributed by atoms with Crippen molar-refractivity contribution in [3.8, 4) is 11.5 Å². The topological polar surface area (TPSA) is 112 Å². The number of methoxy groups -OCH3 is 2. The lowest BCUT2D eigenvalue weighted by atomic mass is 9.78. The van der Waals surface area contributed by atoms with E-state index in [2.05, 4.69) is 25.4 Å². The van der Waals surface area contributed by atoms with Crippen molar-refractivity contribution < 1.29 is 38.6 Å². The smallest absolute Gasteiger partial charge is 0.494 e. The minimum Gasteiger partial charge on any atom is -0.508 e. The highest BCUT2D eigenvalue weighted by atomic mass is 79.9. The number of ether oxygens (including phenoxy) is 2. The maximum atomic E-state index is 11.6. The Morgan fingerprint density at radius 1 is 0.812 bits per heavy atom. The van der Waals surface area contributed by atoms with E-state index in [1.54, 1.807) is 12.1 Å². The molecule has 0 bridgehead atoms. The lowest BCUT2D eigenvalue weighted by Gasteiger charge is -2.32. The van der Waals surface area contributed by atoms with Crippen LogP contribution in [0.4, 0.5) is 0 Å². The molecule has 0 aromatic heterocycles. The van der Waals surface area contributed by atoms with Crippen LogP contribution in [0, 0.1) is 0 Å². The van der Waals surface area contributed by atoms with Gasteiger partial charge in [-0.15, -0.1) is 0 Å². The summed E-state index contributed by atoms with van der Waals surface area (Å²) in [4.78, 5) is 22.5. The molecule has 1 aliphatic rings. The number of hydrogen-bond acceptors (Lipinski definition) is 8. The zero-order valence-electron chi connectivity index (χ0n) is 18.8. The minimum absolute atomic E-state index is 0.0300. The van der Waals surface area contributed by atoms with E-state index in [0.717, 1.165) is 0 Å². The number of phenols is 2. The fourth-order valence-electron chi connectivity index (χ4n) is 2.80. The summed E-state index contributed by atoms with van der Waals surface area (Å²) in [5.41, 5.74) is 0.217. The van der Waals surface area contributed by atoms with Crippen LogP contribution in [0.25, 0.3) is 0 Å². The van der Waals surface area contributed by atoms with E-state index in [-0.39, 0.29) is 17.1 Å². The molecule has 0 radical (unpaired) electrons. The molecule has 3 rings (SSSR count). The van der Waals surface area contributed by atoms with Crippen molar-refractivity contribution in [1.29, 1.82) is 0 Å². The molecule has 10 heteroatoms. The number of aromatic hydroxyl groups is 2. The largest absolute Gasteiger partial charge is 0.508 e. The average Bonchev–Trinajstić information content (AvgIpc) is 2.93. The first-order valence-electron chi connectivity index (χ1n) is 9.65. The third-order valence-corrected chi connectivity index (χ3v) is 5.65. The fourth-order valence-corrected chi connectivity index (χ4v) is 3.28. The number of carbonyl (C=O) groups is 2. The Labute approximate surface area is 195 Å². The van der Waals surface area contributed by atoms with Gasteiger partial charge in [-0.1, -0.05) is 15.9 Å². The molecule has 2 N–H and O–H groups in total. The van der Waals surface area contributed by atoms with Gasteiger partial charge in [-0.3, -0.25) is 0 Å². The highest BCUT2D eigenvalue weighted by molar-refractivity contribution is 9.10. The molecule has 1 saturated heterocycles. The fraction of sp³-hybridized carbons (Fsp3) is 0.364. The predicted octanol–water partition coefficient (Wildman–Crippen LogP) is 3.42. The second kappa shape index (κ2) is 9.93. The maximum absolute atomic E-state index is 11.6. The molecule has 32 heavy (non-hydrogen) atoms. The van der Waals surface area contributed by atoms with Crippen molar-refractivity contribution in [2.24, 2.45) is 0 Å². The van der Waals surface area contributed by atoms with Crippen molar-refractivity contribution in [3.05, 3.63) is 52.0 Å². The minimum atomic E-state index is -0.629. The van der Waals surface area contributed by atoms with Gasteiger partial charge in [0.25, 0.3) is 0 Å². The predicted molar refractivity (Wildman–Crippen MR) is 122 cm³/mol. The molecule has 172 valence electrons. The molecule has 0 spiro atoms. The van der Waals surface area contributed by atoms with Crippen LogP contribution in [0.1, 0.15) is 48.4 Å². The van der Waals surface area contributed by atoms with Gasteiger partial charge in [-0.2, -0.15) is 0 Å². The number of esters is 2. The van der Waals surface area contributed by atoms with Crippen LogP contribution >= 0.6 is 15.9 Å². The summed E-state index contributed by atoms with van der Waals surface area (Å²) in [5.74, 6) is -0.979. The molecule has 0 unspecified atom stereocenters. The van der Waals surface area contributed by atoms with Crippen LogP contribution in [-0.4, -0.2) is 54.7 Å². The first kappa shape index (κ1) is 25.7. The van der Waals surface area contributed by atoms with Crippen molar-refractivity contribution in [2.45, 2.75) is 38.9 Å². The molecule has 2 aromatic carbocycles. The number of benzene rings is 2. The molecule has 0 aliphatic carbocycles. The molecule has 0 amide bonds. The Morgan fingerprint density at radius 3 is 1.69 bits per heavy atom. The lowest BCUT2D eigenvalue weighted by molar-refractivity contribution is 0.00578. The number of halogens is 1. The van der Waals surface area contributed by atoms with E-state index in [4.69, 9.17) is 14.4 Å². The Morgan fingerprint density at radius 2 is 1.25 bits per heavy atom. The zero-order chi connectivity index (χ0) is 24.3. The highest BCUT2D eigenvalue weighted by Gasteiger charge is 2.51. The lowest BCUT2D eigenvalue weighted by Crippen LogP contribution is -2.41. The molecular weight excluding hydrogens is 483 g/mol. The summed E-state index contributed by atoms with van der Waals surface area (Å²) in [6, 6.07) is 8.89. The molecule has 0 saturated carbocycles. The van der Waals surface area contributed by atoms with Crippen molar-refractivity contribution in [3.63, 3.8) is 0 Å². The van der Waals surface area contributed by atoms with E-state index < -0.39 is 30.3 Å². The number of hydrogen-bond donors (Lipinski definition) is 2. The average molecular weight is 509 g/mol. The van der Waals surface area contributed by atoms with Gasteiger partial charge in [-0.05, 0) is 69.6 Å². The van der Waals surface area contributed by atoms with Crippen LogP contribution in [0.3, 0.4) is 0 Å². The number of phenolic OH excluding ortho intramolecular Hbond substituents is 2. The van der Waals surface area contributed by atoms with Crippen LogP contribution in [0.2, 0.25) is 0 Å².